The SMILES string of the molecule is c1cc2ccc3ccc(-c4ccc5c(c4)C4(CCCC4)c4cc(-c6ccc7ccc8cccc9ccc6c7c89)ccc4-5)c4ccc(c1)c2c34. The molecule has 0 atom stereocenters. The second-order valence-corrected chi connectivity index (χ2v) is 14.7. The lowest BCUT2D eigenvalue weighted by molar-refractivity contribution is 0.550. The van der Waals surface area contributed by atoms with Crippen LogP contribution in [0.1, 0.15) is 36.8 Å². The summed E-state index contributed by atoms with van der Waals surface area (Å²) in [6.45, 7) is 0. The van der Waals surface area contributed by atoms with E-state index >= 15 is 0 Å². The first-order chi connectivity index (χ1) is 24.2. The van der Waals surface area contributed by atoms with E-state index in [9.17, 15) is 0 Å². The Hall–Kier alpha value is -5.72. The van der Waals surface area contributed by atoms with Crippen LogP contribution < -0.4 is 0 Å². The van der Waals surface area contributed by atoms with Gasteiger partial charge in [0.15, 0.2) is 0 Å². The molecule has 0 heterocycles. The molecule has 0 saturated heterocycles. The number of rotatable bonds is 2. The molecule has 0 aliphatic heterocycles. The summed E-state index contributed by atoms with van der Waals surface area (Å²) in [5.74, 6) is 0. The summed E-state index contributed by atoms with van der Waals surface area (Å²) in [7, 11) is 0. The van der Waals surface area contributed by atoms with Crippen LogP contribution in [-0.2, 0) is 5.41 Å². The minimum atomic E-state index is 0.0737. The van der Waals surface area contributed by atoms with E-state index in [1.54, 1.807) is 0 Å². The fourth-order valence-electron chi connectivity index (χ4n) is 10.3. The topological polar surface area (TPSA) is 0 Å². The zero-order chi connectivity index (χ0) is 31.8. The molecule has 1 spiro atoms. The van der Waals surface area contributed by atoms with Gasteiger partial charge in [0.25, 0.3) is 0 Å². The van der Waals surface area contributed by atoms with Gasteiger partial charge in [-0.2, -0.15) is 0 Å². The van der Waals surface area contributed by atoms with E-state index in [0.29, 0.717) is 0 Å². The van der Waals surface area contributed by atoms with Crippen LogP contribution in [0.15, 0.2) is 146 Å². The van der Waals surface area contributed by atoms with Crippen molar-refractivity contribution in [3.63, 3.8) is 0 Å². The quantitative estimate of drug-likeness (QED) is 0.169. The average molecular weight is 621 g/mol. The highest BCUT2D eigenvalue weighted by atomic mass is 14.5. The lowest BCUT2D eigenvalue weighted by Gasteiger charge is -2.27. The van der Waals surface area contributed by atoms with Gasteiger partial charge >= 0.3 is 0 Å². The minimum Gasteiger partial charge on any atom is -0.0610 e. The Balaban J connectivity index is 1.05. The Labute approximate surface area is 284 Å². The molecule has 0 nitrogen and oxygen atoms in total. The van der Waals surface area contributed by atoms with Crippen molar-refractivity contribution >= 4 is 64.6 Å². The maximum absolute atomic E-state index is 2.57. The number of benzene rings is 10. The van der Waals surface area contributed by atoms with Crippen LogP contribution in [0.25, 0.3) is 98.0 Å². The van der Waals surface area contributed by atoms with Gasteiger partial charge in [0.2, 0.25) is 0 Å². The molecule has 0 heteroatoms. The predicted octanol–water partition coefficient (Wildman–Crippen LogP) is 13.7. The fraction of sp³-hybridized carbons (Fsp3) is 0.102. The first-order valence-electron chi connectivity index (χ1n) is 17.9. The van der Waals surface area contributed by atoms with Crippen molar-refractivity contribution in [3.05, 3.63) is 157 Å². The van der Waals surface area contributed by atoms with Crippen LogP contribution in [0.4, 0.5) is 0 Å². The van der Waals surface area contributed by atoms with E-state index in [4.69, 9.17) is 0 Å². The van der Waals surface area contributed by atoms with Gasteiger partial charge < -0.3 is 0 Å². The highest BCUT2D eigenvalue weighted by molar-refractivity contribution is 6.26. The normalized spacial score (nSPS) is 15.2. The second kappa shape index (κ2) is 9.24. The Morgan fingerprint density at radius 3 is 1.14 bits per heavy atom. The monoisotopic (exact) mass is 620 g/mol. The van der Waals surface area contributed by atoms with Crippen molar-refractivity contribution < 1.29 is 0 Å². The number of fused-ring (bicyclic) bond motifs is 5. The molecule has 0 N–H and O–H groups in total. The third kappa shape index (κ3) is 3.34. The standard InChI is InChI=1S/C49H32/c1-2-26-49(25-1)43-27-35(37-19-13-33-11-9-29-5-3-7-31-15-23-41(37)47(33)45(29)31)17-21-39(43)40-22-18-36(28-44(40)49)38-20-14-34-12-10-30-6-4-8-32-16-24-42(38)48(34)46(30)32/h3-24,27-28H,1-2,25-26H2. The maximum Gasteiger partial charge on any atom is 0.0215 e. The van der Waals surface area contributed by atoms with E-state index in [1.165, 1.54) is 135 Å². The highest BCUT2D eigenvalue weighted by Gasteiger charge is 2.45. The zero-order valence-corrected chi connectivity index (χ0v) is 27.2. The van der Waals surface area contributed by atoms with Crippen LogP contribution in [0, 0.1) is 0 Å². The van der Waals surface area contributed by atoms with Crippen molar-refractivity contribution in [3.8, 4) is 33.4 Å². The minimum absolute atomic E-state index is 0.0737. The summed E-state index contributed by atoms with van der Waals surface area (Å²) in [5, 5.41) is 16.2. The largest absolute Gasteiger partial charge is 0.0610 e. The molecule has 0 radical (unpaired) electrons. The first kappa shape index (κ1) is 26.3. The van der Waals surface area contributed by atoms with Gasteiger partial charge in [-0.25, -0.2) is 0 Å². The van der Waals surface area contributed by atoms with Crippen molar-refractivity contribution in [2.75, 3.05) is 0 Å². The molecule has 2 aliphatic carbocycles. The van der Waals surface area contributed by atoms with Crippen molar-refractivity contribution in [1.82, 2.24) is 0 Å². The Morgan fingerprint density at radius 2 is 0.694 bits per heavy atom. The molecule has 10 aromatic carbocycles. The third-order valence-corrected chi connectivity index (χ3v) is 12.5. The second-order valence-electron chi connectivity index (χ2n) is 14.7. The van der Waals surface area contributed by atoms with E-state index in [1.807, 2.05) is 0 Å². The van der Waals surface area contributed by atoms with Gasteiger partial charge in [0.1, 0.15) is 0 Å². The van der Waals surface area contributed by atoms with Gasteiger partial charge in [-0.15, -0.1) is 0 Å². The van der Waals surface area contributed by atoms with Crippen molar-refractivity contribution in [2.45, 2.75) is 31.1 Å². The Bertz CT molecular complexity index is 2760. The molecule has 0 bridgehead atoms. The van der Waals surface area contributed by atoms with Gasteiger partial charge in [-0.3, -0.25) is 0 Å². The van der Waals surface area contributed by atoms with Gasteiger partial charge in [-0.1, -0.05) is 146 Å². The summed E-state index contributed by atoms with van der Waals surface area (Å²) < 4.78 is 0. The highest BCUT2D eigenvalue weighted by Crippen LogP contribution is 2.58. The van der Waals surface area contributed by atoms with Crippen molar-refractivity contribution in [2.24, 2.45) is 0 Å². The average Bonchev–Trinajstić information content (AvgIpc) is 3.76. The third-order valence-electron chi connectivity index (χ3n) is 12.5. The Morgan fingerprint density at radius 1 is 0.327 bits per heavy atom. The molecule has 0 amide bonds. The van der Waals surface area contributed by atoms with E-state index in [0.717, 1.165) is 0 Å². The van der Waals surface area contributed by atoms with Crippen LogP contribution in [-0.4, -0.2) is 0 Å². The molecule has 10 aromatic rings. The summed E-state index contributed by atoms with van der Waals surface area (Å²) in [6.07, 6.45) is 5.00. The van der Waals surface area contributed by atoms with Gasteiger partial charge in [-0.05, 0) is 134 Å². The summed E-state index contributed by atoms with van der Waals surface area (Å²) in [6, 6.07) is 56.0. The molecular formula is C49H32. The molecule has 1 fully saturated rings. The predicted molar refractivity (Wildman–Crippen MR) is 209 cm³/mol. The lowest BCUT2D eigenvalue weighted by atomic mass is 9.75. The maximum atomic E-state index is 2.57. The smallest absolute Gasteiger partial charge is 0.0215 e. The first-order valence-corrected chi connectivity index (χ1v) is 17.9. The van der Waals surface area contributed by atoms with Gasteiger partial charge in [0, 0.05) is 5.41 Å². The van der Waals surface area contributed by atoms with Crippen molar-refractivity contribution in [1.29, 1.82) is 0 Å². The number of hydrogen-bond donors (Lipinski definition) is 0. The molecule has 49 heavy (non-hydrogen) atoms. The van der Waals surface area contributed by atoms with Crippen LogP contribution in [0.3, 0.4) is 0 Å². The summed E-state index contributed by atoms with van der Waals surface area (Å²) >= 11 is 0. The molecule has 2 aliphatic rings. The fourth-order valence-corrected chi connectivity index (χ4v) is 10.3. The van der Waals surface area contributed by atoms with E-state index in [2.05, 4.69) is 146 Å². The molecule has 1 saturated carbocycles. The lowest BCUT2D eigenvalue weighted by Crippen LogP contribution is -2.20. The Kier molecular flexibility index (Phi) is 4.95. The summed E-state index contributed by atoms with van der Waals surface area (Å²) in [4.78, 5) is 0. The zero-order valence-electron chi connectivity index (χ0n) is 27.2. The van der Waals surface area contributed by atoms with Gasteiger partial charge in [0.05, 0.1) is 0 Å². The molecular weight excluding hydrogens is 589 g/mol. The van der Waals surface area contributed by atoms with Crippen LogP contribution in [0.5, 0.6) is 0 Å². The van der Waals surface area contributed by atoms with Crippen LogP contribution >= 0.6 is 0 Å². The molecule has 12 rings (SSSR count). The van der Waals surface area contributed by atoms with E-state index in [-0.39, 0.29) is 5.41 Å². The van der Waals surface area contributed by atoms with E-state index < -0.39 is 0 Å². The molecule has 0 unspecified atom stereocenters. The number of hydrogen-bond acceptors (Lipinski definition) is 0. The van der Waals surface area contributed by atoms with Crippen LogP contribution in [0.2, 0.25) is 0 Å². The molecule has 0 aromatic heterocycles. The summed E-state index contributed by atoms with van der Waals surface area (Å²) in [5.41, 5.74) is 11.4. The molecule has 228 valence electrons.